The van der Waals surface area contributed by atoms with Crippen molar-refractivity contribution in [2.24, 2.45) is 5.10 Å². The average molecular weight is 438 g/mol. The van der Waals surface area contributed by atoms with E-state index in [9.17, 15) is 9.59 Å². The molecule has 0 aliphatic carbocycles. The van der Waals surface area contributed by atoms with Crippen LogP contribution in [0.1, 0.15) is 17.1 Å². The first-order chi connectivity index (χ1) is 13.5. The number of rotatable bonds is 3. The highest BCUT2D eigenvalue weighted by molar-refractivity contribution is 9.10. The topological polar surface area (TPSA) is 85.0 Å². The number of H-pyrrole nitrogens is 1. The number of hydrogen-bond donors (Lipinski definition) is 1. The first kappa shape index (κ1) is 18.1. The Morgan fingerprint density at radius 1 is 1.07 bits per heavy atom. The number of nitrogens with one attached hydrogen (secondary N) is 1. The van der Waals surface area contributed by atoms with Crippen LogP contribution in [0.5, 0.6) is 0 Å². The molecule has 8 heteroatoms. The fraction of sp³-hybridized carbons (Fsp3) is 0.100. The van der Waals surface area contributed by atoms with Crippen LogP contribution in [0.15, 0.2) is 67.7 Å². The van der Waals surface area contributed by atoms with Crippen LogP contribution in [0.2, 0.25) is 0 Å². The standard InChI is InChI=1S/C20H16BrN5O2/c1-12-17(20(28)26(24-12)15-6-4-3-5-7-15)11-22-25-13(2)23-18-9-8-14(21)10-16(18)19(25)27/h3-11,24H,1-2H3. The number of fused-ring (bicyclic) bond motifs is 1. The van der Waals surface area contributed by atoms with E-state index in [0.29, 0.717) is 28.0 Å². The monoisotopic (exact) mass is 437 g/mol. The Balaban J connectivity index is 1.82. The van der Waals surface area contributed by atoms with Gasteiger partial charge in [0.2, 0.25) is 0 Å². The number of aryl methyl sites for hydroxylation is 2. The second-order valence-corrected chi connectivity index (χ2v) is 7.22. The van der Waals surface area contributed by atoms with Crippen molar-refractivity contribution in [3.63, 3.8) is 0 Å². The Morgan fingerprint density at radius 2 is 1.82 bits per heavy atom. The van der Waals surface area contributed by atoms with Crippen LogP contribution >= 0.6 is 15.9 Å². The fourth-order valence-corrected chi connectivity index (χ4v) is 3.34. The van der Waals surface area contributed by atoms with Gasteiger partial charge in [-0.2, -0.15) is 9.78 Å². The fourth-order valence-electron chi connectivity index (χ4n) is 2.98. The summed E-state index contributed by atoms with van der Waals surface area (Å²) in [5.74, 6) is 0.438. The number of hydrogen-bond acceptors (Lipinski definition) is 4. The summed E-state index contributed by atoms with van der Waals surface area (Å²) in [6.07, 6.45) is 1.40. The molecule has 4 aromatic rings. The van der Waals surface area contributed by atoms with Gasteiger partial charge in [0, 0.05) is 10.2 Å². The maximum atomic E-state index is 12.8. The maximum Gasteiger partial charge on any atom is 0.282 e. The molecular weight excluding hydrogens is 422 g/mol. The lowest BCUT2D eigenvalue weighted by Crippen LogP contribution is -2.22. The van der Waals surface area contributed by atoms with Gasteiger partial charge in [0.1, 0.15) is 5.82 Å². The summed E-state index contributed by atoms with van der Waals surface area (Å²) in [5, 5.41) is 7.74. The number of halogens is 1. The van der Waals surface area contributed by atoms with Crippen molar-refractivity contribution in [2.45, 2.75) is 13.8 Å². The summed E-state index contributed by atoms with van der Waals surface area (Å²) < 4.78 is 3.43. The van der Waals surface area contributed by atoms with E-state index in [2.05, 4.69) is 31.1 Å². The van der Waals surface area contributed by atoms with Crippen LogP contribution in [0.3, 0.4) is 0 Å². The normalized spacial score (nSPS) is 11.5. The summed E-state index contributed by atoms with van der Waals surface area (Å²) >= 11 is 3.37. The third kappa shape index (κ3) is 3.11. The van der Waals surface area contributed by atoms with Gasteiger partial charge in [-0.25, -0.2) is 9.67 Å². The van der Waals surface area contributed by atoms with Gasteiger partial charge in [0.25, 0.3) is 11.1 Å². The number of aromatic nitrogens is 4. The summed E-state index contributed by atoms with van der Waals surface area (Å²) in [5.41, 5.74) is 1.82. The van der Waals surface area contributed by atoms with E-state index in [-0.39, 0.29) is 11.1 Å². The highest BCUT2D eigenvalue weighted by Crippen LogP contribution is 2.15. The zero-order chi connectivity index (χ0) is 19.8. The number of para-hydroxylation sites is 1. The van der Waals surface area contributed by atoms with E-state index in [1.165, 1.54) is 15.6 Å². The van der Waals surface area contributed by atoms with Gasteiger partial charge in [0.05, 0.1) is 28.4 Å². The van der Waals surface area contributed by atoms with Crippen molar-refractivity contribution in [3.8, 4) is 5.69 Å². The van der Waals surface area contributed by atoms with Gasteiger partial charge in [-0.3, -0.25) is 14.7 Å². The van der Waals surface area contributed by atoms with E-state index < -0.39 is 0 Å². The Hall–Kier alpha value is -3.26. The second kappa shape index (κ2) is 7.05. The van der Waals surface area contributed by atoms with E-state index >= 15 is 0 Å². The second-order valence-electron chi connectivity index (χ2n) is 6.31. The van der Waals surface area contributed by atoms with Crippen LogP contribution in [-0.2, 0) is 0 Å². The summed E-state index contributed by atoms with van der Waals surface area (Å²) in [6, 6.07) is 14.6. The van der Waals surface area contributed by atoms with Gasteiger partial charge < -0.3 is 0 Å². The molecule has 0 atom stereocenters. The van der Waals surface area contributed by atoms with Crippen LogP contribution in [-0.4, -0.2) is 25.7 Å². The molecule has 0 saturated carbocycles. The molecule has 28 heavy (non-hydrogen) atoms. The number of benzene rings is 2. The minimum Gasteiger partial charge on any atom is -0.295 e. The van der Waals surface area contributed by atoms with E-state index in [1.807, 2.05) is 36.4 Å². The van der Waals surface area contributed by atoms with Crippen molar-refractivity contribution in [1.82, 2.24) is 19.4 Å². The molecule has 0 bridgehead atoms. The quantitative estimate of drug-likeness (QED) is 0.499. The van der Waals surface area contributed by atoms with Crippen molar-refractivity contribution < 1.29 is 0 Å². The van der Waals surface area contributed by atoms with Gasteiger partial charge in [0.15, 0.2) is 0 Å². The van der Waals surface area contributed by atoms with E-state index in [0.717, 1.165) is 10.2 Å². The Kier molecular flexibility index (Phi) is 4.56. The SMILES string of the molecule is Cc1[nH]n(-c2ccccc2)c(=O)c1C=Nn1c(C)nc2ccc(Br)cc2c1=O. The summed E-state index contributed by atoms with van der Waals surface area (Å²) in [7, 11) is 0. The molecule has 0 spiro atoms. The molecular formula is C20H16BrN5O2. The van der Waals surface area contributed by atoms with Crippen LogP contribution in [0.25, 0.3) is 16.6 Å². The van der Waals surface area contributed by atoms with Crippen LogP contribution < -0.4 is 11.1 Å². The molecule has 2 heterocycles. The molecule has 0 aliphatic heterocycles. The third-order valence-corrected chi connectivity index (χ3v) is 4.90. The van der Waals surface area contributed by atoms with Crippen LogP contribution in [0, 0.1) is 13.8 Å². The number of nitrogens with zero attached hydrogens (tertiary/aromatic N) is 4. The molecule has 2 aromatic carbocycles. The zero-order valence-corrected chi connectivity index (χ0v) is 16.8. The highest BCUT2D eigenvalue weighted by Gasteiger charge is 2.12. The van der Waals surface area contributed by atoms with E-state index in [4.69, 9.17) is 0 Å². The van der Waals surface area contributed by atoms with E-state index in [1.54, 1.807) is 26.0 Å². The van der Waals surface area contributed by atoms with Crippen LogP contribution in [0.4, 0.5) is 0 Å². The van der Waals surface area contributed by atoms with Crippen molar-refractivity contribution in [3.05, 3.63) is 90.8 Å². The Morgan fingerprint density at radius 3 is 2.57 bits per heavy atom. The molecule has 2 aromatic heterocycles. The first-order valence-corrected chi connectivity index (χ1v) is 9.35. The van der Waals surface area contributed by atoms with Gasteiger partial charge in [-0.15, -0.1) is 0 Å². The summed E-state index contributed by atoms with van der Waals surface area (Å²) in [4.78, 5) is 30.0. The molecule has 140 valence electrons. The zero-order valence-electron chi connectivity index (χ0n) is 15.2. The van der Waals surface area contributed by atoms with Gasteiger partial charge in [-0.05, 0) is 44.2 Å². The highest BCUT2D eigenvalue weighted by atomic mass is 79.9. The average Bonchev–Trinajstić information content (AvgIpc) is 2.97. The van der Waals surface area contributed by atoms with Crippen molar-refractivity contribution in [2.75, 3.05) is 0 Å². The molecule has 1 N–H and O–H groups in total. The smallest absolute Gasteiger partial charge is 0.282 e. The van der Waals surface area contributed by atoms with Crippen molar-refractivity contribution >= 4 is 33.0 Å². The van der Waals surface area contributed by atoms with Crippen molar-refractivity contribution in [1.29, 1.82) is 0 Å². The Labute approximate surface area is 168 Å². The predicted octanol–water partition coefficient (Wildman–Crippen LogP) is 3.14. The Bertz CT molecular complexity index is 1330. The molecule has 0 amide bonds. The summed E-state index contributed by atoms with van der Waals surface area (Å²) in [6.45, 7) is 3.49. The molecule has 0 fully saturated rings. The minimum absolute atomic E-state index is 0.241. The van der Waals surface area contributed by atoms with Gasteiger partial charge >= 0.3 is 0 Å². The molecule has 0 aliphatic rings. The molecule has 7 nitrogen and oxygen atoms in total. The molecule has 0 radical (unpaired) electrons. The third-order valence-electron chi connectivity index (χ3n) is 4.40. The largest absolute Gasteiger partial charge is 0.295 e. The maximum absolute atomic E-state index is 12.8. The van der Waals surface area contributed by atoms with Gasteiger partial charge in [-0.1, -0.05) is 34.1 Å². The first-order valence-electron chi connectivity index (χ1n) is 8.56. The molecule has 4 rings (SSSR count). The lowest BCUT2D eigenvalue weighted by Gasteiger charge is -2.05. The minimum atomic E-state index is -0.295. The molecule has 0 saturated heterocycles. The number of aromatic amines is 1. The predicted molar refractivity (Wildman–Crippen MR) is 113 cm³/mol. The lowest BCUT2D eigenvalue weighted by atomic mass is 10.2. The lowest BCUT2D eigenvalue weighted by molar-refractivity contribution is 0.770. The molecule has 0 unspecified atom stereocenters.